The molecule has 134 valence electrons. The second kappa shape index (κ2) is 7.30. The first-order valence-corrected chi connectivity index (χ1v) is 9.34. The smallest absolute Gasteiger partial charge is 0.275 e. The van der Waals surface area contributed by atoms with Crippen LogP contribution in [0.5, 0.6) is 0 Å². The van der Waals surface area contributed by atoms with Gasteiger partial charge in [0.2, 0.25) is 0 Å². The molecule has 0 aliphatic heterocycles. The Morgan fingerprint density at radius 3 is 2.78 bits per heavy atom. The van der Waals surface area contributed by atoms with Gasteiger partial charge in [-0.3, -0.25) is 19.8 Å². The van der Waals surface area contributed by atoms with Crippen LogP contribution in [0.15, 0.2) is 60.1 Å². The molecular weight excluding hydrogens is 382 g/mol. The van der Waals surface area contributed by atoms with Gasteiger partial charge in [0.25, 0.3) is 5.91 Å². The van der Waals surface area contributed by atoms with Gasteiger partial charge >= 0.3 is 0 Å². The van der Waals surface area contributed by atoms with Crippen molar-refractivity contribution in [2.24, 2.45) is 7.05 Å². The van der Waals surface area contributed by atoms with Gasteiger partial charge in [-0.1, -0.05) is 29.8 Å². The van der Waals surface area contributed by atoms with Gasteiger partial charge in [-0.05, 0) is 30.3 Å². The van der Waals surface area contributed by atoms with Crippen molar-refractivity contribution < 1.29 is 4.79 Å². The minimum Gasteiger partial charge on any atom is -0.296 e. The third-order valence-electron chi connectivity index (χ3n) is 3.88. The number of carbonyl (C=O) groups is 1. The fraction of sp³-hybridized carbons (Fsp3) is 0.0526. The Kier molecular flexibility index (Phi) is 4.70. The molecule has 4 aromatic rings. The quantitative estimate of drug-likeness (QED) is 0.551. The lowest BCUT2D eigenvalue weighted by molar-refractivity contribution is 0.101. The molecule has 4 rings (SSSR count). The molecule has 3 heterocycles. The highest BCUT2D eigenvalue weighted by Crippen LogP contribution is 2.25. The van der Waals surface area contributed by atoms with E-state index in [0.717, 1.165) is 17.0 Å². The summed E-state index contributed by atoms with van der Waals surface area (Å²) < 4.78 is 1.54. The van der Waals surface area contributed by atoms with Gasteiger partial charge in [-0.2, -0.15) is 5.10 Å². The number of hydrogen-bond donors (Lipinski definition) is 1. The second-order valence-corrected chi connectivity index (χ2v) is 7.05. The molecule has 0 aliphatic carbocycles. The average molecular weight is 396 g/mol. The number of hydrogen-bond acceptors (Lipinski definition) is 5. The van der Waals surface area contributed by atoms with Crippen LogP contribution in [0.4, 0.5) is 5.13 Å². The predicted molar refractivity (Wildman–Crippen MR) is 107 cm³/mol. The molecule has 0 saturated heterocycles. The van der Waals surface area contributed by atoms with Gasteiger partial charge in [0.15, 0.2) is 5.13 Å². The van der Waals surface area contributed by atoms with E-state index in [-0.39, 0.29) is 5.91 Å². The number of nitrogens with one attached hydrogen (secondary N) is 1. The summed E-state index contributed by atoms with van der Waals surface area (Å²) in [5, 5.41) is 10.2. The van der Waals surface area contributed by atoms with Crippen LogP contribution in [-0.2, 0) is 7.05 Å². The Labute approximate surface area is 164 Å². The summed E-state index contributed by atoms with van der Waals surface area (Å²) in [6.45, 7) is 0. The number of amides is 1. The summed E-state index contributed by atoms with van der Waals surface area (Å²) in [6, 6.07) is 14.7. The van der Waals surface area contributed by atoms with E-state index in [1.54, 1.807) is 30.1 Å². The Bertz CT molecular complexity index is 1110. The fourth-order valence-corrected chi connectivity index (χ4v) is 3.48. The molecule has 0 atom stereocenters. The maximum Gasteiger partial charge on any atom is 0.275 e. The number of rotatable bonds is 4. The monoisotopic (exact) mass is 395 g/mol. The van der Waals surface area contributed by atoms with Gasteiger partial charge in [0.1, 0.15) is 11.4 Å². The third kappa shape index (κ3) is 3.74. The molecule has 0 saturated carbocycles. The molecule has 27 heavy (non-hydrogen) atoms. The zero-order chi connectivity index (χ0) is 18.8. The molecule has 0 radical (unpaired) electrons. The van der Waals surface area contributed by atoms with Crippen molar-refractivity contribution >= 4 is 34.0 Å². The standard InChI is InChI=1S/C19H14ClN5OS/c1-25-17(10-15(24-25)12-5-4-6-13(20)9-12)18(26)23-19-22-16(11-27-19)14-7-2-3-8-21-14/h2-11H,1H3,(H,22,23,26). The first kappa shape index (κ1) is 17.4. The number of benzene rings is 1. The zero-order valence-electron chi connectivity index (χ0n) is 14.3. The molecule has 3 aromatic heterocycles. The summed E-state index contributed by atoms with van der Waals surface area (Å²) in [5.41, 5.74) is 3.44. The number of aromatic nitrogens is 4. The topological polar surface area (TPSA) is 72.7 Å². The molecule has 0 bridgehead atoms. The van der Waals surface area contributed by atoms with E-state index in [1.807, 2.05) is 41.8 Å². The SMILES string of the molecule is Cn1nc(-c2cccc(Cl)c2)cc1C(=O)Nc1nc(-c2ccccn2)cs1. The van der Waals surface area contributed by atoms with Crippen molar-refractivity contribution in [2.45, 2.75) is 0 Å². The van der Waals surface area contributed by atoms with Gasteiger partial charge in [0.05, 0.1) is 11.4 Å². The van der Waals surface area contributed by atoms with Crippen molar-refractivity contribution in [3.63, 3.8) is 0 Å². The molecular formula is C19H14ClN5OS. The van der Waals surface area contributed by atoms with Crippen LogP contribution in [0.1, 0.15) is 10.5 Å². The van der Waals surface area contributed by atoms with Crippen molar-refractivity contribution in [1.29, 1.82) is 0 Å². The summed E-state index contributed by atoms with van der Waals surface area (Å²) in [7, 11) is 1.73. The average Bonchev–Trinajstić information content (AvgIpc) is 3.29. The number of carbonyl (C=O) groups excluding carboxylic acids is 1. The number of nitrogens with zero attached hydrogens (tertiary/aromatic N) is 4. The van der Waals surface area contributed by atoms with Gasteiger partial charge in [-0.15, -0.1) is 11.3 Å². The maximum atomic E-state index is 12.6. The molecule has 1 aromatic carbocycles. The summed E-state index contributed by atoms with van der Waals surface area (Å²) in [5.74, 6) is -0.278. The molecule has 8 heteroatoms. The summed E-state index contributed by atoms with van der Waals surface area (Å²) in [6.07, 6.45) is 1.71. The molecule has 1 N–H and O–H groups in total. The van der Waals surface area contributed by atoms with E-state index in [2.05, 4.69) is 20.4 Å². The van der Waals surface area contributed by atoms with Crippen LogP contribution in [0.2, 0.25) is 5.02 Å². The minimum atomic E-state index is -0.278. The normalized spacial score (nSPS) is 10.7. The van der Waals surface area contributed by atoms with E-state index in [4.69, 9.17) is 11.6 Å². The Hall–Kier alpha value is -3.03. The predicted octanol–water partition coefficient (Wildman–Crippen LogP) is 4.51. The third-order valence-corrected chi connectivity index (χ3v) is 4.88. The number of thiazole rings is 1. The van der Waals surface area contributed by atoms with Crippen LogP contribution in [-0.4, -0.2) is 25.7 Å². The van der Waals surface area contributed by atoms with Crippen LogP contribution in [0, 0.1) is 0 Å². The van der Waals surface area contributed by atoms with Crippen molar-refractivity contribution in [1.82, 2.24) is 19.7 Å². The highest BCUT2D eigenvalue weighted by Gasteiger charge is 2.16. The van der Waals surface area contributed by atoms with Crippen molar-refractivity contribution in [2.75, 3.05) is 5.32 Å². The Morgan fingerprint density at radius 1 is 1.11 bits per heavy atom. The van der Waals surface area contributed by atoms with Crippen LogP contribution >= 0.6 is 22.9 Å². The molecule has 1 amide bonds. The van der Waals surface area contributed by atoms with Gasteiger partial charge < -0.3 is 0 Å². The number of pyridine rings is 1. The highest BCUT2D eigenvalue weighted by atomic mass is 35.5. The van der Waals surface area contributed by atoms with Crippen LogP contribution < -0.4 is 5.32 Å². The second-order valence-electron chi connectivity index (χ2n) is 5.76. The highest BCUT2D eigenvalue weighted by molar-refractivity contribution is 7.14. The van der Waals surface area contributed by atoms with E-state index in [9.17, 15) is 4.79 Å². The van der Waals surface area contributed by atoms with Gasteiger partial charge in [0, 0.05) is 29.2 Å². The molecule has 0 fully saturated rings. The summed E-state index contributed by atoms with van der Waals surface area (Å²) in [4.78, 5) is 21.3. The first-order valence-electron chi connectivity index (χ1n) is 8.08. The number of aryl methyl sites for hydroxylation is 1. The van der Waals surface area contributed by atoms with E-state index >= 15 is 0 Å². The van der Waals surface area contributed by atoms with E-state index in [1.165, 1.54) is 11.3 Å². The molecule has 0 spiro atoms. The molecule has 6 nitrogen and oxygen atoms in total. The Balaban J connectivity index is 1.55. The zero-order valence-corrected chi connectivity index (χ0v) is 15.8. The largest absolute Gasteiger partial charge is 0.296 e. The lowest BCUT2D eigenvalue weighted by Crippen LogP contribution is -2.15. The molecule has 0 unspecified atom stereocenters. The van der Waals surface area contributed by atoms with E-state index < -0.39 is 0 Å². The van der Waals surface area contributed by atoms with Crippen LogP contribution in [0.3, 0.4) is 0 Å². The first-order chi connectivity index (χ1) is 13.1. The van der Waals surface area contributed by atoms with Gasteiger partial charge in [-0.25, -0.2) is 4.98 Å². The number of anilines is 1. The fourth-order valence-electron chi connectivity index (χ4n) is 2.59. The molecule has 0 aliphatic rings. The lowest BCUT2D eigenvalue weighted by atomic mass is 10.1. The summed E-state index contributed by atoms with van der Waals surface area (Å²) >= 11 is 7.39. The Morgan fingerprint density at radius 2 is 2.00 bits per heavy atom. The van der Waals surface area contributed by atoms with Crippen molar-refractivity contribution in [3.05, 3.63) is 70.8 Å². The van der Waals surface area contributed by atoms with Crippen LogP contribution in [0.25, 0.3) is 22.6 Å². The van der Waals surface area contributed by atoms with Crippen molar-refractivity contribution in [3.8, 4) is 22.6 Å². The van der Waals surface area contributed by atoms with E-state index in [0.29, 0.717) is 21.5 Å². The lowest BCUT2D eigenvalue weighted by Gasteiger charge is -2.01. The minimum absolute atomic E-state index is 0.278. The maximum absolute atomic E-state index is 12.6. The number of halogens is 1.